The molecule has 8 heteroatoms. The van der Waals surface area contributed by atoms with Gasteiger partial charge in [-0.1, -0.05) is 17.4 Å². The zero-order valence-electron chi connectivity index (χ0n) is 14.8. The molecule has 1 saturated heterocycles. The lowest BCUT2D eigenvalue weighted by molar-refractivity contribution is -0.140. The van der Waals surface area contributed by atoms with E-state index in [4.69, 9.17) is 9.47 Å². The van der Waals surface area contributed by atoms with Crippen molar-refractivity contribution in [3.8, 4) is 10.9 Å². The largest absolute Gasteiger partial charge is 0.497 e. The lowest BCUT2D eigenvalue weighted by atomic mass is 10.0. The van der Waals surface area contributed by atoms with Crippen LogP contribution in [0.15, 0.2) is 35.3 Å². The molecular formula is C19H19N3O4S. The predicted molar refractivity (Wildman–Crippen MR) is 103 cm³/mol. The van der Waals surface area contributed by atoms with Crippen molar-refractivity contribution in [3.05, 3.63) is 30.4 Å². The fourth-order valence-corrected chi connectivity index (χ4v) is 4.13. The number of aromatic nitrogens is 1. The van der Waals surface area contributed by atoms with E-state index in [1.165, 1.54) is 17.6 Å². The van der Waals surface area contributed by atoms with E-state index < -0.39 is 11.8 Å². The zero-order valence-corrected chi connectivity index (χ0v) is 15.6. The summed E-state index contributed by atoms with van der Waals surface area (Å²) >= 11 is 1.49. The Bertz CT molecular complexity index is 928. The number of piperidine rings is 1. The summed E-state index contributed by atoms with van der Waals surface area (Å²) in [5.74, 6) is -0.573. The summed E-state index contributed by atoms with van der Waals surface area (Å²) in [6, 6.07) is 5.73. The Morgan fingerprint density at radius 1 is 1.30 bits per heavy atom. The van der Waals surface area contributed by atoms with E-state index in [9.17, 15) is 9.59 Å². The van der Waals surface area contributed by atoms with Crippen LogP contribution in [0.4, 0.5) is 0 Å². The second kappa shape index (κ2) is 7.48. The smallest absolute Gasteiger partial charge is 0.274 e. The topological polar surface area (TPSA) is 81.1 Å². The molecule has 3 heterocycles. The van der Waals surface area contributed by atoms with Crippen LogP contribution in [0, 0.1) is 5.92 Å². The van der Waals surface area contributed by atoms with Crippen molar-refractivity contribution in [2.75, 3.05) is 20.2 Å². The molecular weight excluding hydrogens is 366 g/mol. The third-order valence-electron chi connectivity index (χ3n) is 4.72. The van der Waals surface area contributed by atoms with Gasteiger partial charge in [-0.25, -0.2) is 9.98 Å². The van der Waals surface area contributed by atoms with Crippen LogP contribution in [0.5, 0.6) is 10.9 Å². The van der Waals surface area contributed by atoms with Gasteiger partial charge in [0.2, 0.25) is 5.91 Å². The van der Waals surface area contributed by atoms with Crippen molar-refractivity contribution in [3.63, 3.8) is 0 Å². The minimum Gasteiger partial charge on any atom is -0.497 e. The molecule has 0 bridgehead atoms. The minimum absolute atomic E-state index is 0.00660. The van der Waals surface area contributed by atoms with Crippen molar-refractivity contribution < 1.29 is 19.1 Å². The first-order valence-corrected chi connectivity index (χ1v) is 9.60. The second-order valence-corrected chi connectivity index (χ2v) is 7.43. The molecule has 0 saturated carbocycles. The number of benzene rings is 1. The molecule has 1 atom stereocenters. The molecule has 7 nitrogen and oxygen atoms in total. The van der Waals surface area contributed by atoms with Crippen molar-refractivity contribution in [1.29, 1.82) is 0 Å². The van der Waals surface area contributed by atoms with Crippen LogP contribution in [0.3, 0.4) is 0 Å². The minimum atomic E-state index is -0.785. The first-order valence-electron chi connectivity index (χ1n) is 8.79. The van der Waals surface area contributed by atoms with E-state index in [0.717, 1.165) is 16.0 Å². The van der Waals surface area contributed by atoms with Gasteiger partial charge >= 0.3 is 0 Å². The van der Waals surface area contributed by atoms with E-state index in [0.29, 0.717) is 31.1 Å². The van der Waals surface area contributed by atoms with Crippen LogP contribution < -0.4 is 9.47 Å². The van der Waals surface area contributed by atoms with E-state index in [-0.39, 0.29) is 12.0 Å². The predicted octanol–water partition coefficient (Wildman–Crippen LogP) is 2.46. The third-order valence-corrected chi connectivity index (χ3v) is 5.63. The van der Waals surface area contributed by atoms with Crippen LogP contribution in [0.2, 0.25) is 0 Å². The molecule has 0 aliphatic carbocycles. The number of carbonyl (C=O) groups is 2. The quantitative estimate of drug-likeness (QED) is 0.755. The van der Waals surface area contributed by atoms with Gasteiger partial charge in [0.15, 0.2) is 0 Å². The molecule has 140 valence electrons. The van der Waals surface area contributed by atoms with Crippen LogP contribution in [0.1, 0.15) is 12.8 Å². The van der Waals surface area contributed by atoms with Gasteiger partial charge in [0.05, 0.1) is 17.3 Å². The van der Waals surface area contributed by atoms with Crippen LogP contribution in [-0.4, -0.2) is 54.2 Å². The Balaban J connectivity index is 1.35. The summed E-state index contributed by atoms with van der Waals surface area (Å²) < 4.78 is 12.3. The zero-order chi connectivity index (χ0) is 18.8. The number of dihydropyridines is 1. The normalized spacial score (nSPS) is 20.3. The number of amides is 2. The monoisotopic (exact) mass is 385 g/mol. The summed E-state index contributed by atoms with van der Waals surface area (Å²) in [4.78, 5) is 34.2. The molecule has 0 spiro atoms. The molecule has 4 rings (SSSR count). The lowest BCUT2D eigenvalue weighted by Gasteiger charge is -2.33. The first-order chi connectivity index (χ1) is 13.1. The number of allylic oxidation sites excluding steroid dienone is 1. The van der Waals surface area contributed by atoms with Gasteiger partial charge in [0.1, 0.15) is 17.8 Å². The van der Waals surface area contributed by atoms with E-state index >= 15 is 0 Å². The van der Waals surface area contributed by atoms with Crippen molar-refractivity contribution in [1.82, 2.24) is 9.88 Å². The molecule has 1 unspecified atom stereocenters. The molecule has 2 amide bonds. The molecule has 1 aromatic heterocycles. The van der Waals surface area contributed by atoms with Gasteiger partial charge in [-0.15, -0.1) is 0 Å². The molecule has 1 aromatic carbocycles. The number of ether oxygens (including phenoxy) is 2. The lowest BCUT2D eigenvalue weighted by Crippen LogP contribution is -2.45. The van der Waals surface area contributed by atoms with Crippen LogP contribution >= 0.6 is 11.3 Å². The number of thiazole rings is 1. The average Bonchev–Trinajstić information content (AvgIpc) is 3.09. The summed E-state index contributed by atoms with van der Waals surface area (Å²) in [6.07, 6.45) is 6.09. The molecule has 0 radical (unpaired) electrons. The number of rotatable bonds is 4. The van der Waals surface area contributed by atoms with Gasteiger partial charge in [0.25, 0.3) is 11.1 Å². The number of methoxy groups -OCH3 is 1. The Morgan fingerprint density at radius 2 is 2.11 bits per heavy atom. The molecule has 2 aliphatic heterocycles. The highest BCUT2D eigenvalue weighted by Crippen LogP contribution is 2.32. The van der Waals surface area contributed by atoms with E-state index in [2.05, 4.69) is 9.98 Å². The molecule has 0 N–H and O–H groups in total. The van der Waals surface area contributed by atoms with Crippen molar-refractivity contribution in [2.45, 2.75) is 18.9 Å². The Hall–Kier alpha value is -2.74. The number of fused-ring (bicyclic) bond motifs is 1. The summed E-state index contributed by atoms with van der Waals surface area (Å²) in [7, 11) is 1.64. The fourth-order valence-electron chi connectivity index (χ4n) is 3.22. The Labute approximate surface area is 160 Å². The van der Waals surface area contributed by atoms with E-state index in [1.54, 1.807) is 24.2 Å². The number of hydrogen-bond donors (Lipinski definition) is 0. The standard InChI is InChI=1S/C19H19N3O4S/c1-25-13-4-5-15-16(11-13)27-19(21-15)26-12-6-9-22(10-7-12)18(24)14-3-2-8-20-17(14)23/h2-5,8,11-12,14H,6-7,9-10H2,1H3. The first kappa shape index (κ1) is 17.7. The highest BCUT2D eigenvalue weighted by atomic mass is 32.1. The van der Waals surface area contributed by atoms with Gasteiger partial charge in [-0.3, -0.25) is 9.59 Å². The average molecular weight is 385 g/mol. The van der Waals surface area contributed by atoms with Crippen molar-refractivity contribution in [2.24, 2.45) is 10.9 Å². The maximum Gasteiger partial charge on any atom is 0.274 e. The Kier molecular flexibility index (Phi) is 4.89. The van der Waals surface area contributed by atoms with Gasteiger partial charge < -0.3 is 14.4 Å². The molecule has 1 fully saturated rings. The maximum atomic E-state index is 12.5. The number of hydrogen-bond acceptors (Lipinski definition) is 6. The highest BCUT2D eigenvalue weighted by molar-refractivity contribution is 7.20. The molecule has 2 aromatic rings. The molecule has 2 aliphatic rings. The van der Waals surface area contributed by atoms with Crippen LogP contribution in [0.25, 0.3) is 10.2 Å². The number of aliphatic imine (C=N–C) groups is 1. The summed E-state index contributed by atoms with van der Waals surface area (Å²) in [6.45, 7) is 1.12. The third kappa shape index (κ3) is 3.71. The maximum absolute atomic E-state index is 12.5. The molecule has 27 heavy (non-hydrogen) atoms. The van der Waals surface area contributed by atoms with Gasteiger partial charge in [-0.05, 0) is 24.3 Å². The number of nitrogens with zero attached hydrogens (tertiary/aromatic N) is 3. The summed E-state index contributed by atoms with van der Waals surface area (Å²) in [5.41, 5.74) is 0.881. The Morgan fingerprint density at radius 3 is 2.85 bits per heavy atom. The van der Waals surface area contributed by atoms with Gasteiger partial charge in [-0.2, -0.15) is 0 Å². The van der Waals surface area contributed by atoms with Gasteiger partial charge in [0, 0.05) is 32.1 Å². The van der Waals surface area contributed by atoms with Crippen molar-refractivity contribution >= 4 is 39.6 Å². The SMILES string of the molecule is COc1ccc2nc(OC3CCN(C(=O)C4C=CC=NC4=O)CC3)sc2c1. The highest BCUT2D eigenvalue weighted by Gasteiger charge is 2.32. The number of carbonyl (C=O) groups excluding carboxylic acids is 2. The fraction of sp³-hybridized carbons (Fsp3) is 0.368. The second-order valence-electron chi connectivity index (χ2n) is 6.43. The number of likely N-dealkylation sites (tertiary alicyclic amines) is 1. The van der Waals surface area contributed by atoms with Crippen LogP contribution in [-0.2, 0) is 9.59 Å². The van der Waals surface area contributed by atoms with E-state index in [1.807, 2.05) is 18.2 Å². The summed E-state index contributed by atoms with van der Waals surface area (Å²) in [5, 5.41) is 0.628.